The van der Waals surface area contributed by atoms with Crippen LogP contribution in [0, 0.1) is 29.5 Å². The summed E-state index contributed by atoms with van der Waals surface area (Å²) < 4.78 is 22.7. The van der Waals surface area contributed by atoms with Gasteiger partial charge in [0.15, 0.2) is 5.82 Å². The molecule has 7 nitrogen and oxygen atoms in total. The maximum atomic E-state index is 16.5. The maximum absolute atomic E-state index is 16.5. The zero-order valence-electron chi connectivity index (χ0n) is 23.2. The molecule has 1 atom stereocenters. The number of hydrogen-bond acceptors (Lipinski definition) is 7. The summed E-state index contributed by atoms with van der Waals surface area (Å²) in [6, 6.07) is 8.74. The van der Waals surface area contributed by atoms with Crippen LogP contribution in [-0.2, 0) is 0 Å². The molecule has 2 aromatic heterocycles. The van der Waals surface area contributed by atoms with Crippen LogP contribution in [0.3, 0.4) is 0 Å². The van der Waals surface area contributed by atoms with Gasteiger partial charge in [0.1, 0.15) is 22.8 Å². The Balaban J connectivity index is 1.50. The summed E-state index contributed by atoms with van der Waals surface area (Å²) in [5.74, 6) is 3.24. The molecule has 206 valence electrons. The second kappa shape index (κ2) is 10.2. The molecule has 0 amide bonds. The minimum atomic E-state index is -0.593. The fourth-order valence-corrected chi connectivity index (χ4v) is 6.03. The molecule has 2 aliphatic rings. The number of fused-ring (bicyclic) bond motifs is 2. The Morgan fingerprint density at radius 2 is 2.08 bits per heavy atom. The molecule has 0 radical (unpaired) electrons. The van der Waals surface area contributed by atoms with Crippen molar-refractivity contribution >= 4 is 27.5 Å². The molecule has 3 heterocycles. The van der Waals surface area contributed by atoms with Crippen molar-refractivity contribution in [3.8, 4) is 35.4 Å². The molecule has 1 N–H and O–H groups in total. The van der Waals surface area contributed by atoms with Crippen molar-refractivity contribution in [2.24, 2.45) is 11.3 Å². The standard InChI is InChI=1S/C32H34FN5O2/c1-5-21-9-6-10-22-14-23(39)15-24(26(21)22)28-27(33)29-25(16-34-28)30(38-13-7-8-20(2)17-38)36-31(35-29)40-19-32(11-12-32)18-37(3)4/h1,6,9-10,14-16,20,39H,7-8,11-13,17-19H2,2-4H3. The highest BCUT2D eigenvalue weighted by Gasteiger charge is 2.44. The van der Waals surface area contributed by atoms with Crippen molar-refractivity contribution in [1.82, 2.24) is 19.9 Å². The fourth-order valence-electron chi connectivity index (χ4n) is 6.03. The van der Waals surface area contributed by atoms with Crippen LogP contribution in [0.2, 0.25) is 0 Å². The summed E-state index contributed by atoms with van der Waals surface area (Å²) >= 11 is 0. The molecular formula is C32H34FN5O2. The Morgan fingerprint density at radius 1 is 1.25 bits per heavy atom. The summed E-state index contributed by atoms with van der Waals surface area (Å²) in [7, 11) is 4.12. The fraction of sp³-hybridized carbons (Fsp3) is 0.406. The van der Waals surface area contributed by atoms with Gasteiger partial charge in [0.05, 0.1) is 12.0 Å². The van der Waals surface area contributed by atoms with E-state index < -0.39 is 5.82 Å². The van der Waals surface area contributed by atoms with Gasteiger partial charge >= 0.3 is 6.01 Å². The van der Waals surface area contributed by atoms with Crippen molar-refractivity contribution in [3.63, 3.8) is 0 Å². The second-order valence-corrected chi connectivity index (χ2v) is 11.8. The number of phenols is 1. The van der Waals surface area contributed by atoms with Gasteiger partial charge in [0.2, 0.25) is 0 Å². The number of hydrogen-bond donors (Lipinski definition) is 1. The number of piperidine rings is 1. The summed E-state index contributed by atoms with van der Waals surface area (Å²) in [4.78, 5) is 18.3. The molecule has 8 heteroatoms. The molecule has 40 heavy (non-hydrogen) atoms. The highest BCUT2D eigenvalue weighted by Crippen LogP contribution is 2.46. The van der Waals surface area contributed by atoms with Gasteiger partial charge in [-0.05, 0) is 69.3 Å². The minimum Gasteiger partial charge on any atom is -0.508 e. The minimum absolute atomic E-state index is 0.00305. The van der Waals surface area contributed by atoms with E-state index in [9.17, 15) is 5.11 Å². The van der Waals surface area contributed by atoms with Gasteiger partial charge in [-0.1, -0.05) is 25.0 Å². The van der Waals surface area contributed by atoms with Crippen LogP contribution in [0.15, 0.2) is 36.5 Å². The van der Waals surface area contributed by atoms with Gasteiger partial charge in [-0.15, -0.1) is 6.42 Å². The molecular weight excluding hydrogens is 505 g/mol. The molecule has 1 unspecified atom stereocenters. The third-order valence-corrected chi connectivity index (χ3v) is 8.09. The lowest BCUT2D eigenvalue weighted by Crippen LogP contribution is -2.35. The van der Waals surface area contributed by atoms with Crippen LogP contribution in [0.5, 0.6) is 11.8 Å². The predicted molar refractivity (Wildman–Crippen MR) is 156 cm³/mol. The first-order chi connectivity index (χ1) is 19.3. The Morgan fingerprint density at radius 3 is 2.80 bits per heavy atom. The van der Waals surface area contributed by atoms with Crippen LogP contribution >= 0.6 is 0 Å². The van der Waals surface area contributed by atoms with Crippen LogP contribution in [0.1, 0.15) is 38.2 Å². The summed E-state index contributed by atoms with van der Waals surface area (Å²) in [5.41, 5.74) is 1.31. The van der Waals surface area contributed by atoms with E-state index in [1.165, 1.54) is 6.07 Å². The first kappa shape index (κ1) is 26.3. The van der Waals surface area contributed by atoms with Crippen molar-refractivity contribution < 1.29 is 14.2 Å². The molecule has 2 aromatic carbocycles. The Bertz CT molecular complexity index is 1640. The SMILES string of the molecule is C#Cc1cccc2cc(O)cc(-c3ncc4c(N5CCCC(C)C5)nc(OCC5(CN(C)C)CC5)nc4c3F)c12. The van der Waals surface area contributed by atoms with E-state index >= 15 is 4.39 Å². The highest BCUT2D eigenvalue weighted by molar-refractivity contribution is 6.02. The zero-order valence-corrected chi connectivity index (χ0v) is 23.2. The number of halogens is 1. The molecule has 4 aromatic rings. The smallest absolute Gasteiger partial charge is 0.319 e. The highest BCUT2D eigenvalue weighted by atomic mass is 19.1. The van der Waals surface area contributed by atoms with E-state index in [1.54, 1.807) is 18.3 Å². The molecule has 2 fully saturated rings. The number of aromatic nitrogens is 3. The van der Waals surface area contributed by atoms with E-state index in [2.05, 4.69) is 46.7 Å². The Labute approximate surface area is 234 Å². The number of benzene rings is 2. The first-order valence-corrected chi connectivity index (χ1v) is 13.9. The zero-order chi connectivity index (χ0) is 28.0. The van der Waals surface area contributed by atoms with Gasteiger partial charge in [-0.25, -0.2) is 4.39 Å². The third kappa shape index (κ3) is 4.90. The molecule has 1 aliphatic carbocycles. The quantitative estimate of drug-likeness (QED) is 0.305. The lowest BCUT2D eigenvalue weighted by atomic mass is 9.96. The van der Waals surface area contributed by atoms with Gasteiger partial charge in [0, 0.05) is 47.8 Å². The number of nitrogens with zero attached hydrogens (tertiary/aromatic N) is 5. The van der Waals surface area contributed by atoms with E-state index in [-0.39, 0.29) is 28.4 Å². The number of terminal acetylenes is 1. The maximum Gasteiger partial charge on any atom is 0.319 e. The first-order valence-electron chi connectivity index (χ1n) is 13.9. The topological polar surface area (TPSA) is 74.6 Å². The van der Waals surface area contributed by atoms with Crippen molar-refractivity contribution in [1.29, 1.82) is 0 Å². The monoisotopic (exact) mass is 539 g/mol. The number of rotatable bonds is 7. The molecule has 6 rings (SSSR count). The van der Waals surface area contributed by atoms with E-state index in [0.29, 0.717) is 45.6 Å². The predicted octanol–water partition coefficient (Wildman–Crippen LogP) is 5.63. The number of ether oxygens (including phenoxy) is 1. The largest absolute Gasteiger partial charge is 0.508 e. The molecule has 1 saturated carbocycles. The second-order valence-electron chi connectivity index (χ2n) is 11.8. The molecule has 0 spiro atoms. The van der Waals surface area contributed by atoms with E-state index in [4.69, 9.17) is 16.1 Å². The van der Waals surface area contributed by atoms with Crippen LogP contribution < -0.4 is 9.64 Å². The van der Waals surface area contributed by atoms with Gasteiger partial charge in [-0.3, -0.25) is 4.98 Å². The van der Waals surface area contributed by atoms with Gasteiger partial charge < -0.3 is 19.6 Å². The number of pyridine rings is 1. The Hall–Kier alpha value is -3.96. The van der Waals surface area contributed by atoms with Gasteiger partial charge in [0.25, 0.3) is 0 Å². The average molecular weight is 540 g/mol. The van der Waals surface area contributed by atoms with Gasteiger partial charge in [-0.2, -0.15) is 9.97 Å². The van der Waals surface area contributed by atoms with Crippen molar-refractivity contribution in [3.05, 3.63) is 47.9 Å². The average Bonchev–Trinajstić information content (AvgIpc) is 3.69. The number of anilines is 1. The Kier molecular flexibility index (Phi) is 6.71. The summed E-state index contributed by atoms with van der Waals surface area (Å²) in [6.07, 6.45) is 11.8. The number of phenolic OH excluding ortho intramolecular Hbond substituents is 1. The molecule has 1 aliphatic heterocycles. The van der Waals surface area contributed by atoms with Crippen molar-refractivity contribution in [2.45, 2.75) is 32.6 Å². The number of aromatic hydroxyl groups is 1. The lowest BCUT2D eigenvalue weighted by molar-refractivity contribution is 0.183. The van der Waals surface area contributed by atoms with E-state index in [1.807, 2.05) is 12.1 Å². The van der Waals surface area contributed by atoms with Crippen LogP contribution in [0.4, 0.5) is 10.2 Å². The molecule has 0 bridgehead atoms. The normalized spacial score (nSPS) is 18.3. The van der Waals surface area contributed by atoms with Crippen LogP contribution in [-0.4, -0.2) is 65.3 Å². The molecule has 1 saturated heterocycles. The van der Waals surface area contributed by atoms with E-state index in [0.717, 1.165) is 45.3 Å². The van der Waals surface area contributed by atoms with Crippen molar-refractivity contribution in [2.75, 3.05) is 45.2 Å². The lowest BCUT2D eigenvalue weighted by Gasteiger charge is -2.32. The summed E-state index contributed by atoms with van der Waals surface area (Å²) in [6.45, 7) is 5.27. The summed E-state index contributed by atoms with van der Waals surface area (Å²) in [5, 5.41) is 12.4. The third-order valence-electron chi connectivity index (χ3n) is 8.09. The van der Waals surface area contributed by atoms with Crippen LogP contribution in [0.25, 0.3) is 32.9 Å².